The Kier molecular flexibility index (Phi) is 7.47. The zero-order chi connectivity index (χ0) is 26.3. The average molecular weight is 508 g/mol. The van der Waals surface area contributed by atoms with Crippen molar-refractivity contribution in [3.63, 3.8) is 0 Å². The molecule has 0 atom stereocenters. The van der Waals surface area contributed by atoms with Crippen LogP contribution in [0.1, 0.15) is 36.8 Å². The van der Waals surface area contributed by atoms with Gasteiger partial charge in [0.2, 0.25) is 0 Å². The number of morpholine rings is 1. The summed E-state index contributed by atoms with van der Waals surface area (Å²) in [5.41, 5.74) is 3.89. The third-order valence-corrected chi connectivity index (χ3v) is 6.12. The molecule has 5 rings (SSSR count). The number of rotatable bonds is 7. The van der Waals surface area contributed by atoms with Crippen molar-refractivity contribution in [1.29, 1.82) is 0 Å². The Labute approximate surface area is 219 Å². The van der Waals surface area contributed by atoms with Gasteiger partial charge in [0.1, 0.15) is 0 Å². The molecule has 3 aromatic carbocycles. The van der Waals surface area contributed by atoms with Crippen LogP contribution >= 0.6 is 0 Å². The summed E-state index contributed by atoms with van der Waals surface area (Å²) in [6.45, 7) is 3.08. The van der Waals surface area contributed by atoms with E-state index in [0.717, 1.165) is 18.8 Å². The minimum atomic E-state index is -0.386. The normalized spacial score (nSPS) is 13.0. The number of carbonyl (C=O) groups is 3. The molecule has 2 amide bonds. The summed E-state index contributed by atoms with van der Waals surface area (Å²) in [5, 5.41) is 13.1. The molecular weight excluding hydrogens is 482 g/mol. The first-order valence-corrected chi connectivity index (χ1v) is 12.1. The first kappa shape index (κ1) is 24.8. The van der Waals surface area contributed by atoms with Crippen molar-refractivity contribution in [2.45, 2.75) is 0 Å². The van der Waals surface area contributed by atoms with E-state index in [0.29, 0.717) is 41.3 Å². The van der Waals surface area contributed by atoms with Crippen LogP contribution in [-0.4, -0.2) is 54.1 Å². The lowest BCUT2D eigenvalue weighted by molar-refractivity contribution is 0.101. The van der Waals surface area contributed by atoms with E-state index in [1.54, 1.807) is 72.8 Å². The van der Waals surface area contributed by atoms with Gasteiger partial charge >= 0.3 is 0 Å². The molecule has 0 spiro atoms. The summed E-state index contributed by atoms with van der Waals surface area (Å²) in [7, 11) is 0. The summed E-state index contributed by atoms with van der Waals surface area (Å²) < 4.78 is 5.38. The Balaban J connectivity index is 1.17. The van der Waals surface area contributed by atoms with E-state index in [1.165, 1.54) is 6.20 Å². The lowest BCUT2D eigenvalue weighted by atomic mass is 10.0. The van der Waals surface area contributed by atoms with Crippen molar-refractivity contribution in [2.24, 2.45) is 0 Å². The van der Waals surface area contributed by atoms with Gasteiger partial charge in [-0.15, -0.1) is 5.10 Å². The molecule has 0 unspecified atom stereocenters. The highest BCUT2D eigenvalue weighted by Gasteiger charge is 2.14. The fourth-order valence-electron chi connectivity index (χ4n) is 4.04. The zero-order valence-electron chi connectivity index (χ0n) is 20.5. The second-order valence-electron chi connectivity index (χ2n) is 8.65. The fourth-order valence-corrected chi connectivity index (χ4v) is 4.04. The third kappa shape index (κ3) is 5.91. The number of nitrogens with one attached hydrogen (secondary N) is 2. The summed E-state index contributed by atoms with van der Waals surface area (Å²) in [6.07, 6.45) is 1.49. The van der Waals surface area contributed by atoms with E-state index >= 15 is 0 Å². The number of ketones is 1. The Morgan fingerprint density at radius 1 is 0.684 bits per heavy atom. The average Bonchev–Trinajstić information content (AvgIpc) is 2.98. The van der Waals surface area contributed by atoms with Crippen LogP contribution in [0.15, 0.2) is 91.1 Å². The maximum absolute atomic E-state index is 12.9. The number of anilines is 3. The number of hydrogen-bond acceptors (Lipinski definition) is 7. The van der Waals surface area contributed by atoms with Crippen LogP contribution in [-0.2, 0) is 4.74 Å². The molecule has 2 N–H and O–H groups in total. The molecule has 4 aromatic rings. The monoisotopic (exact) mass is 507 g/mol. The van der Waals surface area contributed by atoms with Crippen LogP contribution in [0.25, 0.3) is 0 Å². The van der Waals surface area contributed by atoms with E-state index in [2.05, 4.69) is 25.7 Å². The topological polar surface area (TPSA) is 114 Å². The maximum Gasteiger partial charge on any atom is 0.276 e. The van der Waals surface area contributed by atoms with Crippen LogP contribution in [0.3, 0.4) is 0 Å². The summed E-state index contributed by atoms with van der Waals surface area (Å²) >= 11 is 0. The predicted molar refractivity (Wildman–Crippen MR) is 144 cm³/mol. The molecular formula is C29H25N5O4. The summed E-state index contributed by atoms with van der Waals surface area (Å²) in [4.78, 5) is 40.0. The molecule has 0 aliphatic carbocycles. The van der Waals surface area contributed by atoms with Crippen LogP contribution < -0.4 is 15.5 Å². The molecule has 0 saturated carbocycles. The highest BCUT2D eigenvalue weighted by atomic mass is 16.5. The van der Waals surface area contributed by atoms with Crippen molar-refractivity contribution in [1.82, 2.24) is 10.2 Å². The minimum absolute atomic E-state index is 0.173. The van der Waals surface area contributed by atoms with Crippen LogP contribution in [0, 0.1) is 0 Å². The molecule has 9 nitrogen and oxygen atoms in total. The SMILES string of the molecule is O=C(Nc1ccc(C(=O)c2ccc(NC(=O)c3cccnn3)cc2)cc1)c1ccc(N2CCOCC2)cc1. The second-order valence-corrected chi connectivity index (χ2v) is 8.65. The van der Waals surface area contributed by atoms with Gasteiger partial charge in [0, 0.05) is 53.0 Å². The number of benzene rings is 3. The van der Waals surface area contributed by atoms with Gasteiger partial charge in [-0.25, -0.2) is 0 Å². The fraction of sp³-hybridized carbons (Fsp3) is 0.138. The molecule has 2 heterocycles. The van der Waals surface area contributed by atoms with Crippen LogP contribution in [0.4, 0.5) is 17.1 Å². The maximum atomic E-state index is 12.9. The van der Waals surface area contributed by atoms with Crippen molar-refractivity contribution in [2.75, 3.05) is 41.8 Å². The number of hydrogen-bond donors (Lipinski definition) is 2. The Hall–Kier alpha value is -4.89. The highest BCUT2D eigenvalue weighted by molar-refractivity contribution is 6.10. The Bertz CT molecular complexity index is 1420. The Morgan fingerprint density at radius 2 is 1.24 bits per heavy atom. The molecule has 0 radical (unpaired) electrons. The highest BCUT2D eigenvalue weighted by Crippen LogP contribution is 2.19. The van der Waals surface area contributed by atoms with Gasteiger partial charge in [-0.05, 0) is 84.9 Å². The second kappa shape index (κ2) is 11.4. The number of aromatic nitrogens is 2. The molecule has 190 valence electrons. The van der Waals surface area contributed by atoms with Gasteiger partial charge in [-0.3, -0.25) is 14.4 Å². The van der Waals surface area contributed by atoms with E-state index in [-0.39, 0.29) is 23.3 Å². The third-order valence-electron chi connectivity index (χ3n) is 6.12. The van der Waals surface area contributed by atoms with Crippen molar-refractivity contribution >= 4 is 34.7 Å². The van der Waals surface area contributed by atoms with Gasteiger partial charge in [-0.2, -0.15) is 5.10 Å². The Morgan fingerprint density at radius 3 is 1.79 bits per heavy atom. The number of ether oxygens (including phenoxy) is 1. The van der Waals surface area contributed by atoms with Crippen LogP contribution in [0.5, 0.6) is 0 Å². The number of amides is 2. The quantitative estimate of drug-likeness (QED) is 0.363. The largest absolute Gasteiger partial charge is 0.378 e. The smallest absolute Gasteiger partial charge is 0.276 e. The molecule has 1 aliphatic rings. The first-order chi connectivity index (χ1) is 18.6. The van der Waals surface area contributed by atoms with Crippen molar-refractivity contribution in [3.05, 3.63) is 114 Å². The first-order valence-electron chi connectivity index (χ1n) is 12.1. The zero-order valence-corrected chi connectivity index (χ0v) is 20.5. The number of nitrogens with zero attached hydrogens (tertiary/aromatic N) is 3. The molecule has 38 heavy (non-hydrogen) atoms. The van der Waals surface area contributed by atoms with Crippen molar-refractivity contribution in [3.8, 4) is 0 Å². The number of carbonyl (C=O) groups excluding carboxylic acids is 3. The van der Waals surface area contributed by atoms with Gasteiger partial charge in [0.15, 0.2) is 11.5 Å². The van der Waals surface area contributed by atoms with E-state index in [9.17, 15) is 14.4 Å². The van der Waals surface area contributed by atoms with Gasteiger partial charge in [0.25, 0.3) is 11.8 Å². The lowest BCUT2D eigenvalue weighted by Gasteiger charge is -2.28. The van der Waals surface area contributed by atoms with Gasteiger partial charge < -0.3 is 20.3 Å². The molecule has 1 fully saturated rings. The standard InChI is InChI=1S/C29H25N5O4/c35-27(21-5-11-24(12-6-21)32-29(37)26-2-1-15-30-33-26)20-3-9-23(10-4-20)31-28(36)22-7-13-25(14-8-22)34-16-18-38-19-17-34/h1-15H,16-19H2,(H,31,36)(H,32,37). The summed E-state index contributed by atoms with van der Waals surface area (Å²) in [5.74, 6) is -0.784. The van der Waals surface area contributed by atoms with Gasteiger partial charge in [-0.1, -0.05) is 0 Å². The van der Waals surface area contributed by atoms with E-state index < -0.39 is 0 Å². The lowest BCUT2D eigenvalue weighted by Crippen LogP contribution is -2.36. The molecule has 9 heteroatoms. The van der Waals surface area contributed by atoms with Crippen molar-refractivity contribution < 1.29 is 19.1 Å². The predicted octanol–water partition coefficient (Wildman–Crippen LogP) is 4.05. The summed E-state index contributed by atoms with van der Waals surface area (Å²) in [6, 6.07) is 24.0. The van der Waals surface area contributed by atoms with Crippen LogP contribution in [0.2, 0.25) is 0 Å². The molecule has 0 bridgehead atoms. The molecule has 1 aromatic heterocycles. The minimum Gasteiger partial charge on any atom is -0.378 e. The molecule has 1 aliphatic heterocycles. The van der Waals surface area contributed by atoms with Gasteiger partial charge in [0.05, 0.1) is 13.2 Å². The van der Waals surface area contributed by atoms with E-state index in [4.69, 9.17) is 4.74 Å². The van der Waals surface area contributed by atoms with E-state index in [1.807, 2.05) is 12.1 Å². The molecule has 1 saturated heterocycles.